The van der Waals surface area contributed by atoms with Crippen LogP contribution in [0.1, 0.15) is 45.4 Å². The van der Waals surface area contributed by atoms with Crippen LogP contribution < -0.4 is 5.73 Å². The van der Waals surface area contributed by atoms with Gasteiger partial charge in [0.05, 0.1) is 0 Å². The summed E-state index contributed by atoms with van der Waals surface area (Å²) in [5, 5.41) is 0. The Hall–Kier alpha value is -0.110. The van der Waals surface area contributed by atoms with Gasteiger partial charge in [0.25, 0.3) is 0 Å². The first-order valence-corrected chi connectivity index (χ1v) is 5.06. The normalized spacial score (nSPS) is 26.2. The van der Waals surface area contributed by atoms with Crippen molar-refractivity contribution in [2.75, 3.05) is 6.54 Å². The number of hydrogen-bond acceptors (Lipinski definition) is 1. The van der Waals surface area contributed by atoms with Gasteiger partial charge in [-0.05, 0) is 25.7 Å². The average molecular weight is 173 g/mol. The number of alkyl halides is 1. The Morgan fingerprint density at radius 3 is 2.17 bits per heavy atom. The lowest BCUT2D eigenvalue weighted by Gasteiger charge is -2.28. The first-order chi connectivity index (χ1) is 5.67. The zero-order valence-corrected chi connectivity index (χ0v) is 7.98. The van der Waals surface area contributed by atoms with Crippen LogP contribution in [0.15, 0.2) is 0 Å². The maximum atomic E-state index is 13.8. The third kappa shape index (κ3) is 2.44. The van der Waals surface area contributed by atoms with E-state index in [1.54, 1.807) is 6.92 Å². The maximum Gasteiger partial charge on any atom is 0.123 e. The van der Waals surface area contributed by atoms with Gasteiger partial charge in [0.1, 0.15) is 5.67 Å². The van der Waals surface area contributed by atoms with E-state index >= 15 is 0 Å². The van der Waals surface area contributed by atoms with E-state index in [0.29, 0.717) is 0 Å². The second kappa shape index (κ2) is 4.22. The van der Waals surface area contributed by atoms with Crippen LogP contribution in [0.25, 0.3) is 0 Å². The van der Waals surface area contributed by atoms with E-state index in [1.165, 1.54) is 25.7 Å². The Morgan fingerprint density at radius 2 is 1.75 bits per heavy atom. The van der Waals surface area contributed by atoms with Gasteiger partial charge in [-0.25, -0.2) is 4.39 Å². The van der Waals surface area contributed by atoms with Gasteiger partial charge in [0.15, 0.2) is 0 Å². The third-order valence-electron chi connectivity index (χ3n) is 3.11. The molecule has 1 atom stereocenters. The minimum atomic E-state index is -1.12. The topological polar surface area (TPSA) is 26.0 Å². The van der Waals surface area contributed by atoms with E-state index < -0.39 is 5.67 Å². The summed E-state index contributed by atoms with van der Waals surface area (Å²) in [5.41, 5.74) is 4.29. The number of halogens is 1. The second-order valence-corrected chi connectivity index (χ2v) is 4.17. The van der Waals surface area contributed by atoms with E-state index in [4.69, 9.17) is 5.73 Å². The fourth-order valence-electron chi connectivity index (χ4n) is 2.05. The van der Waals surface area contributed by atoms with Crippen LogP contribution in [0.2, 0.25) is 0 Å². The molecule has 0 amide bonds. The van der Waals surface area contributed by atoms with Crippen molar-refractivity contribution in [1.82, 2.24) is 0 Å². The van der Waals surface area contributed by atoms with Crippen LogP contribution in [0.5, 0.6) is 0 Å². The smallest absolute Gasteiger partial charge is 0.123 e. The molecule has 1 aliphatic carbocycles. The Morgan fingerprint density at radius 1 is 1.25 bits per heavy atom. The lowest BCUT2D eigenvalue weighted by Crippen LogP contribution is -2.37. The Labute approximate surface area is 74.5 Å². The van der Waals surface area contributed by atoms with E-state index in [2.05, 4.69) is 0 Å². The highest BCUT2D eigenvalue weighted by molar-refractivity contribution is 4.84. The van der Waals surface area contributed by atoms with E-state index in [-0.39, 0.29) is 12.5 Å². The molecule has 0 aromatic heterocycles. The molecule has 1 saturated carbocycles. The van der Waals surface area contributed by atoms with Gasteiger partial charge in [-0.15, -0.1) is 0 Å². The molecular weight excluding hydrogens is 153 g/mol. The minimum absolute atomic E-state index is 0.178. The van der Waals surface area contributed by atoms with Crippen molar-refractivity contribution in [1.29, 1.82) is 0 Å². The first kappa shape index (κ1) is 9.97. The molecule has 12 heavy (non-hydrogen) atoms. The fourth-order valence-corrected chi connectivity index (χ4v) is 2.05. The van der Waals surface area contributed by atoms with Crippen LogP contribution in [0, 0.1) is 5.92 Å². The van der Waals surface area contributed by atoms with Crippen molar-refractivity contribution in [2.45, 2.75) is 51.1 Å². The van der Waals surface area contributed by atoms with Gasteiger partial charge >= 0.3 is 0 Å². The summed E-state index contributed by atoms with van der Waals surface area (Å²) in [7, 11) is 0. The van der Waals surface area contributed by atoms with E-state index in [0.717, 1.165) is 12.8 Å². The van der Waals surface area contributed by atoms with Crippen molar-refractivity contribution >= 4 is 0 Å². The fraction of sp³-hybridized carbons (Fsp3) is 1.00. The number of hydrogen-bond donors (Lipinski definition) is 1. The summed E-state index contributed by atoms with van der Waals surface area (Å²) in [5.74, 6) is 0.213. The molecule has 2 heteroatoms. The van der Waals surface area contributed by atoms with Crippen molar-refractivity contribution in [3.63, 3.8) is 0 Å². The molecule has 2 N–H and O–H groups in total. The van der Waals surface area contributed by atoms with Crippen LogP contribution in [-0.2, 0) is 0 Å². The molecule has 0 spiro atoms. The molecule has 1 rings (SSSR count). The van der Waals surface area contributed by atoms with E-state index in [9.17, 15) is 4.39 Å². The molecule has 1 unspecified atom stereocenters. The van der Waals surface area contributed by atoms with Gasteiger partial charge in [-0.1, -0.05) is 25.7 Å². The summed E-state index contributed by atoms with van der Waals surface area (Å²) >= 11 is 0. The van der Waals surface area contributed by atoms with Gasteiger partial charge in [-0.2, -0.15) is 0 Å². The van der Waals surface area contributed by atoms with Crippen molar-refractivity contribution < 1.29 is 4.39 Å². The van der Waals surface area contributed by atoms with Crippen molar-refractivity contribution in [3.05, 3.63) is 0 Å². The quantitative estimate of drug-likeness (QED) is 0.638. The maximum absolute atomic E-state index is 13.8. The minimum Gasteiger partial charge on any atom is -0.328 e. The molecule has 0 radical (unpaired) electrons. The Bertz CT molecular complexity index is 126. The lowest BCUT2D eigenvalue weighted by atomic mass is 9.85. The van der Waals surface area contributed by atoms with Crippen LogP contribution in [0.3, 0.4) is 0 Å². The van der Waals surface area contributed by atoms with Crippen LogP contribution in [0.4, 0.5) is 4.39 Å². The van der Waals surface area contributed by atoms with Gasteiger partial charge in [0, 0.05) is 6.54 Å². The summed E-state index contributed by atoms with van der Waals surface area (Å²) in [6.07, 6.45) is 6.98. The van der Waals surface area contributed by atoms with Crippen molar-refractivity contribution in [3.8, 4) is 0 Å². The summed E-state index contributed by atoms with van der Waals surface area (Å²) in [6.45, 7) is 1.83. The zero-order chi connectivity index (χ0) is 9.03. The molecule has 1 fully saturated rings. The molecule has 0 aliphatic heterocycles. The highest BCUT2D eigenvalue weighted by atomic mass is 19.1. The van der Waals surface area contributed by atoms with Crippen LogP contribution >= 0.6 is 0 Å². The SMILES string of the molecule is CC(F)(CN)C1CCCCCC1. The largest absolute Gasteiger partial charge is 0.328 e. The molecular formula is C10H20FN. The van der Waals surface area contributed by atoms with Crippen LogP contribution in [-0.4, -0.2) is 12.2 Å². The molecule has 1 aliphatic rings. The monoisotopic (exact) mass is 173 g/mol. The predicted molar refractivity (Wildman–Crippen MR) is 49.8 cm³/mol. The second-order valence-electron chi connectivity index (χ2n) is 4.17. The van der Waals surface area contributed by atoms with Crippen molar-refractivity contribution in [2.24, 2.45) is 11.7 Å². The first-order valence-electron chi connectivity index (χ1n) is 5.06. The summed E-state index contributed by atoms with van der Waals surface area (Å²) < 4.78 is 13.8. The zero-order valence-electron chi connectivity index (χ0n) is 7.98. The molecule has 0 heterocycles. The molecule has 0 aromatic rings. The summed E-state index contributed by atoms with van der Waals surface area (Å²) in [4.78, 5) is 0. The van der Waals surface area contributed by atoms with Gasteiger partial charge in [0.2, 0.25) is 0 Å². The molecule has 0 bridgehead atoms. The lowest BCUT2D eigenvalue weighted by molar-refractivity contribution is 0.0998. The van der Waals surface area contributed by atoms with E-state index in [1.807, 2.05) is 0 Å². The van der Waals surface area contributed by atoms with Gasteiger partial charge < -0.3 is 5.73 Å². The number of nitrogens with two attached hydrogens (primary N) is 1. The highest BCUT2D eigenvalue weighted by Crippen LogP contribution is 2.33. The number of rotatable bonds is 2. The standard InChI is InChI=1S/C10H20FN/c1-10(11,8-12)9-6-4-2-3-5-7-9/h9H,2-8,12H2,1H3. The molecule has 0 aromatic carbocycles. The Kier molecular flexibility index (Phi) is 3.51. The highest BCUT2D eigenvalue weighted by Gasteiger charge is 2.32. The summed E-state index contributed by atoms with van der Waals surface area (Å²) in [6, 6.07) is 0. The Balaban J connectivity index is 2.47. The van der Waals surface area contributed by atoms with Gasteiger partial charge in [-0.3, -0.25) is 0 Å². The molecule has 0 saturated heterocycles. The molecule has 1 nitrogen and oxygen atoms in total. The third-order valence-corrected chi connectivity index (χ3v) is 3.11. The molecule has 72 valence electrons. The average Bonchev–Trinajstić information content (AvgIpc) is 2.32. The predicted octanol–water partition coefficient (Wildman–Crippen LogP) is 2.64.